The molecule has 0 saturated carbocycles. The molecule has 54 heavy (non-hydrogen) atoms. The van der Waals surface area contributed by atoms with Gasteiger partial charge in [-0.05, 0) is 54.8 Å². The van der Waals surface area contributed by atoms with Crippen LogP contribution >= 0.6 is 11.6 Å². The lowest BCUT2D eigenvalue weighted by Gasteiger charge is -2.20. The van der Waals surface area contributed by atoms with Gasteiger partial charge in [-0.15, -0.1) is 0 Å². The van der Waals surface area contributed by atoms with Gasteiger partial charge in [0.05, 0.1) is 27.9 Å². The maximum Gasteiger partial charge on any atom is 0.422 e. The third-order valence-electron chi connectivity index (χ3n) is 10.1. The number of nitrogens with one attached hydrogen (secondary N) is 1. The van der Waals surface area contributed by atoms with E-state index in [2.05, 4.69) is 11.6 Å². The van der Waals surface area contributed by atoms with Crippen molar-refractivity contribution in [2.75, 3.05) is 27.7 Å². The summed E-state index contributed by atoms with van der Waals surface area (Å²) in [4.78, 5) is 42.6. The quantitative estimate of drug-likeness (QED) is 0.0751. The lowest BCUT2D eigenvalue weighted by atomic mass is 10.0. The monoisotopic (exact) mass is 779 g/mol. The molecule has 1 saturated heterocycles. The standard InChI is InChI=1S/C42H54ClN3O7S/c1-2-3-4-5-6-7-8-9-10-11-12-13-14-15-16-21-30-52-38-27-26-33(54(50,51)44-35-24-19-18-23-34(35)43)31-37(38)46-41(48)39(53-42(46)49)40(47)45-29-28-32-22-17-20-25-36(32)45/h17-20,22-27,31,39,44H,2-16,21,28-30H2,1H3. The van der Waals surface area contributed by atoms with Crippen molar-refractivity contribution < 1.29 is 32.3 Å². The molecule has 0 radical (unpaired) electrons. The van der Waals surface area contributed by atoms with Gasteiger partial charge in [-0.2, -0.15) is 0 Å². The molecule has 12 heteroatoms. The Morgan fingerprint density at radius 2 is 1.39 bits per heavy atom. The van der Waals surface area contributed by atoms with Gasteiger partial charge in [-0.25, -0.2) is 18.1 Å². The molecule has 0 bridgehead atoms. The molecule has 3 aromatic rings. The number of hydrogen-bond acceptors (Lipinski definition) is 7. The fraction of sp³-hybridized carbons (Fsp3) is 0.500. The number of hydrogen-bond donors (Lipinski definition) is 1. The number of ether oxygens (including phenoxy) is 2. The highest BCUT2D eigenvalue weighted by atomic mass is 35.5. The third-order valence-corrected chi connectivity index (χ3v) is 11.8. The Kier molecular flexibility index (Phi) is 15.6. The van der Waals surface area contributed by atoms with Gasteiger partial charge in [-0.1, -0.05) is 145 Å². The highest BCUT2D eigenvalue weighted by molar-refractivity contribution is 7.92. The van der Waals surface area contributed by atoms with Crippen molar-refractivity contribution in [1.82, 2.24) is 0 Å². The number of nitrogens with zero attached hydrogens (tertiary/aromatic N) is 2. The summed E-state index contributed by atoms with van der Waals surface area (Å²) in [5.41, 5.74) is 1.65. The van der Waals surface area contributed by atoms with Crippen molar-refractivity contribution in [1.29, 1.82) is 0 Å². The molecule has 2 heterocycles. The predicted molar refractivity (Wildman–Crippen MR) is 214 cm³/mol. The van der Waals surface area contributed by atoms with Crippen LogP contribution in [0.25, 0.3) is 0 Å². The zero-order valence-electron chi connectivity index (χ0n) is 31.4. The minimum atomic E-state index is -4.22. The molecule has 1 N–H and O–H groups in total. The van der Waals surface area contributed by atoms with E-state index in [0.717, 1.165) is 31.2 Å². The van der Waals surface area contributed by atoms with E-state index in [1.54, 1.807) is 30.3 Å². The Hall–Kier alpha value is -4.09. The zero-order chi connectivity index (χ0) is 38.3. The number of halogens is 1. The fourth-order valence-electron chi connectivity index (χ4n) is 7.03. The molecule has 2 aliphatic rings. The van der Waals surface area contributed by atoms with E-state index in [9.17, 15) is 22.8 Å². The number of carbonyl (C=O) groups excluding carboxylic acids is 3. The van der Waals surface area contributed by atoms with Gasteiger partial charge in [0, 0.05) is 12.2 Å². The van der Waals surface area contributed by atoms with Crippen LogP contribution in [0.4, 0.5) is 21.9 Å². The number of unbranched alkanes of at least 4 members (excludes halogenated alkanes) is 15. The van der Waals surface area contributed by atoms with E-state index in [1.807, 2.05) is 12.1 Å². The van der Waals surface area contributed by atoms with Crippen LogP contribution in [0.1, 0.15) is 115 Å². The summed E-state index contributed by atoms with van der Waals surface area (Å²) >= 11 is 6.21. The van der Waals surface area contributed by atoms with E-state index in [-0.39, 0.29) is 27.0 Å². The van der Waals surface area contributed by atoms with E-state index >= 15 is 0 Å². The number of rotatable bonds is 23. The van der Waals surface area contributed by atoms with Gasteiger partial charge in [0.15, 0.2) is 0 Å². The fourth-order valence-corrected chi connectivity index (χ4v) is 8.37. The van der Waals surface area contributed by atoms with Crippen molar-refractivity contribution in [3.05, 3.63) is 77.3 Å². The topological polar surface area (TPSA) is 122 Å². The third kappa shape index (κ3) is 11.0. The van der Waals surface area contributed by atoms with Gasteiger partial charge >= 0.3 is 6.09 Å². The summed E-state index contributed by atoms with van der Waals surface area (Å²) in [6, 6.07) is 17.7. The number of sulfonamides is 1. The smallest absolute Gasteiger partial charge is 0.422 e. The number of benzene rings is 3. The highest BCUT2D eigenvalue weighted by Gasteiger charge is 2.49. The number of amides is 3. The molecule has 1 atom stereocenters. The molecular weight excluding hydrogens is 726 g/mol. The normalized spacial score (nSPS) is 15.4. The Morgan fingerprint density at radius 3 is 2.04 bits per heavy atom. The molecule has 10 nitrogen and oxygen atoms in total. The molecule has 5 rings (SSSR count). The van der Waals surface area contributed by atoms with E-state index in [4.69, 9.17) is 21.1 Å². The van der Waals surface area contributed by atoms with Crippen LogP contribution in [0, 0.1) is 0 Å². The molecule has 3 amide bonds. The Bertz CT molecular complexity index is 1840. The lowest BCUT2D eigenvalue weighted by molar-refractivity contribution is -0.134. The molecule has 292 valence electrons. The van der Waals surface area contributed by atoms with Crippen LogP contribution in [0.15, 0.2) is 71.6 Å². The molecule has 1 fully saturated rings. The largest absolute Gasteiger partial charge is 0.491 e. The lowest BCUT2D eigenvalue weighted by Crippen LogP contribution is -2.43. The first-order chi connectivity index (χ1) is 26.2. The van der Waals surface area contributed by atoms with E-state index < -0.39 is 34.0 Å². The molecule has 1 unspecified atom stereocenters. The average Bonchev–Trinajstić information content (AvgIpc) is 3.73. The SMILES string of the molecule is CCCCCCCCCCCCCCCCCCOc1ccc(S(=O)(=O)Nc2ccccc2Cl)cc1N1C(=O)OC(C(=O)N2CCc3ccccc32)C1=O. The van der Waals surface area contributed by atoms with Gasteiger partial charge in [0.1, 0.15) is 5.75 Å². The van der Waals surface area contributed by atoms with Crippen molar-refractivity contribution >= 4 is 56.6 Å². The van der Waals surface area contributed by atoms with Crippen LogP contribution in [0.5, 0.6) is 5.75 Å². The summed E-state index contributed by atoms with van der Waals surface area (Å²) in [7, 11) is -4.22. The summed E-state index contributed by atoms with van der Waals surface area (Å²) in [6.45, 7) is 2.89. The molecule has 0 spiro atoms. The van der Waals surface area contributed by atoms with Crippen molar-refractivity contribution in [2.45, 2.75) is 127 Å². The molecule has 2 aliphatic heterocycles. The van der Waals surface area contributed by atoms with Gasteiger partial charge in [0.2, 0.25) is 0 Å². The molecule has 3 aromatic carbocycles. The van der Waals surface area contributed by atoms with Gasteiger partial charge in [-0.3, -0.25) is 14.3 Å². The second kappa shape index (κ2) is 20.6. The molecule has 0 aromatic heterocycles. The number of fused-ring (bicyclic) bond motifs is 1. The van der Waals surface area contributed by atoms with Gasteiger partial charge in [0.25, 0.3) is 27.9 Å². The maximum absolute atomic E-state index is 13.8. The van der Waals surface area contributed by atoms with Crippen LogP contribution in [-0.4, -0.2) is 45.6 Å². The second-order valence-electron chi connectivity index (χ2n) is 14.2. The molecular formula is C42H54ClN3O7S. The first-order valence-corrected chi connectivity index (χ1v) is 21.6. The Balaban J connectivity index is 1.17. The average molecular weight is 780 g/mol. The summed E-state index contributed by atoms with van der Waals surface area (Å²) < 4.78 is 40.9. The second-order valence-corrected chi connectivity index (χ2v) is 16.3. The summed E-state index contributed by atoms with van der Waals surface area (Å²) in [6.07, 6.45) is 17.6. The predicted octanol–water partition coefficient (Wildman–Crippen LogP) is 10.2. The summed E-state index contributed by atoms with van der Waals surface area (Å²) in [5.74, 6) is -1.46. The van der Waals surface area contributed by atoms with Crippen LogP contribution < -0.4 is 19.3 Å². The first kappa shape index (κ1) is 41.1. The number of para-hydroxylation sites is 2. The van der Waals surface area contributed by atoms with Crippen LogP contribution in [-0.2, 0) is 30.8 Å². The van der Waals surface area contributed by atoms with Crippen LogP contribution in [0.2, 0.25) is 5.02 Å². The zero-order valence-corrected chi connectivity index (χ0v) is 33.0. The number of cyclic esters (lactones) is 1. The molecule has 0 aliphatic carbocycles. The number of carbonyl (C=O) groups is 3. The van der Waals surface area contributed by atoms with Crippen LogP contribution in [0.3, 0.4) is 0 Å². The van der Waals surface area contributed by atoms with Crippen molar-refractivity contribution in [3.8, 4) is 5.75 Å². The maximum atomic E-state index is 13.8. The van der Waals surface area contributed by atoms with Crippen molar-refractivity contribution in [2.24, 2.45) is 0 Å². The first-order valence-electron chi connectivity index (χ1n) is 19.7. The Morgan fingerprint density at radius 1 is 0.796 bits per heavy atom. The minimum Gasteiger partial charge on any atom is -0.491 e. The summed E-state index contributed by atoms with van der Waals surface area (Å²) in [5, 5.41) is 0.197. The highest BCUT2D eigenvalue weighted by Crippen LogP contribution is 2.37. The van der Waals surface area contributed by atoms with E-state index in [0.29, 0.717) is 30.2 Å². The number of imide groups is 1. The number of anilines is 3. The van der Waals surface area contributed by atoms with E-state index in [1.165, 1.54) is 106 Å². The Labute approximate surface area is 325 Å². The van der Waals surface area contributed by atoms with Crippen molar-refractivity contribution in [3.63, 3.8) is 0 Å². The minimum absolute atomic E-state index is 0.123. The van der Waals surface area contributed by atoms with Gasteiger partial charge < -0.3 is 14.4 Å².